The van der Waals surface area contributed by atoms with Crippen molar-refractivity contribution in [3.8, 4) is 11.5 Å². The predicted molar refractivity (Wildman–Crippen MR) is 135 cm³/mol. The first-order valence-corrected chi connectivity index (χ1v) is 12.6. The topological polar surface area (TPSA) is 78.3 Å². The average molecular weight is 533 g/mol. The van der Waals surface area contributed by atoms with E-state index in [0.29, 0.717) is 29.2 Å². The van der Waals surface area contributed by atoms with E-state index < -0.39 is 0 Å². The maximum atomic E-state index is 12.6. The minimum absolute atomic E-state index is 0.0860. The third-order valence-electron chi connectivity index (χ3n) is 5.02. The highest BCUT2D eigenvalue weighted by Crippen LogP contribution is 2.29. The van der Waals surface area contributed by atoms with Gasteiger partial charge in [-0.15, -0.1) is 10.2 Å². The summed E-state index contributed by atoms with van der Waals surface area (Å²) < 4.78 is 14.3. The zero-order valence-corrected chi connectivity index (χ0v) is 21.9. The van der Waals surface area contributed by atoms with Crippen LogP contribution in [0.25, 0.3) is 0 Å². The summed E-state index contributed by atoms with van der Waals surface area (Å²) in [7, 11) is 1.62. The lowest BCUT2D eigenvalue weighted by Gasteiger charge is -2.16. The molecule has 1 aromatic heterocycles. The molecule has 0 aliphatic rings. The molecule has 0 radical (unpaired) electrons. The second kappa shape index (κ2) is 11.6. The van der Waals surface area contributed by atoms with Crippen LogP contribution in [-0.2, 0) is 11.3 Å². The Bertz CT molecular complexity index is 1100. The fourth-order valence-electron chi connectivity index (χ4n) is 3.38. The quantitative estimate of drug-likeness (QED) is 0.319. The fourth-order valence-corrected chi connectivity index (χ4v) is 4.57. The first-order chi connectivity index (χ1) is 15.8. The number of anilines is 1. The smallest absolute Gasteiger partial charge is 0.234 e. The number of benzene rings is 2. The molecule has 0 fully saturated rings. The van der Waals surface area contributed by atoms with E-state index in [-0.39, 0.29) is 17.8 Å². The van der Waals surface area contributed by atoms with Gasteiger partial charge in [0.25, 0.3) is 0 Å². The van der Waals surface area contributed by atoms with E-state index in [2.05, 4.69) is 45.3 Å². The van der Waals surface area contributed by atoms with Crippen LogP contribution in [0.3, 0.4) is 0 Å². The van der Waals surface area contributed by atoms with Crippen molar-refractivity contribution in [1.82, 2.24) is 14.8 Å². The van der Waals surface area contributed by atoms with Gasteiger partial charge in [-0.2, -0.15) is 0 Å². The molecule has 1 amide bonds. The Morgan fingerprint density at radius 1 is 1.15 bits per heavy atom. The summed E-state index contributed by atoms with van der Waals surface area (Å²) in [4.78, 5) is 12.6. The number of nitrogens with zero attached hydrogens (tertiary/aromatic N) is 3. The highest BCUT2D eigenvalue weighted by atomic mass is 79.9. The molecule has 3 rings (SSSR count). The third-order valence-corrected chi connectivity index (χ3v) is 6.48. The Kier molecular flexibility index (Phi) is 8.80. The summed E-state index contributed by atoms with van der Waals surface area (Å²) in [5.41, 5.74) is 1.92. The van der Waals surface area contributed by atoms with Crippen LogP contribution < -0.4 is 14.8 Å². The number of carbonyl (C=O) groups is 1. The van der Waals surface area contributed by atoms with E-state index in [1.807, 2.05) is 60.9 Å². The number of hydrogen-bond donors (Lipinski definition) is 1. The number of amides is 1. The normalized spacial score (nSPS) is 12.0. The maximum Gasteiger partial charge on any atom is 0.234 e. The molecule has 33 heavy (non-hydrogen) atoms. The van der Waals surface area contributed by atoms with Crippen LogP contribution in [0.4, 0.5) is 5.69 Å². The lowest BCUT2D eigenvalue weighted by atomic mass is 10.0. The van der Waals surface area contributed by atoms with Crippen molar-refractivity contribution < 1.29 is 14.3 Å². The van der Waals surface area contributed by atoms with Gasteiger partial charge in [0.1, 0.15) is 11.5 Å². The fraction of sp³-hybridized carbons (Fsp3) is 0.375. The Morgan fingerprint density at radius 3 is 2.61 bits per heavy atom. The summed E-state index contributed by atoms with van der Waals surface area (Å²) in [5.74, 6) is 2.57. The van der Waals surface area contributed by atoms with E-state index in [9.17, 15) is 4.79 Å². The first kappa shape index (κ1) is 25.1. The van der Waals surface area contributed by atoms with E-state index in [1.165, 1.54) is 11.8 Å². The summed E-state index contributed by atoms with van der Waals surface area (Å²) in [6, 6.07) is 13.3. The number of hydrogen-bond acceptors (Lipinski definition) is 6. The van der Waals surface area contributed by atoms with Gasteiger partial charge in [-0.3, -0.25) is 4.79 Å². The van der Waals surface area contributed by atoms with Gasteiger partial charge in [0.05, 0.1) is 12.9 Å². The van der Waals surface area contributed by atoms with Crippen LogP contribution in [0, 0.1) is 0 Å². The second-order valence-electron chi connectivity index (χ2n) is 7.75. The summed E-state index contributed by atoms with van der Waals surface area (Å²) in [6.07, 6.45) is -0.316. The Balaban J connectivity index is 1.66. The molecule has 1 atom stereocenters. The monoisotopic (exact) mass is 532 g/mol. The van der Waals surface area contributed by atoms with E-state index >= 15 is 0 Å². The molecule has 2 aromatic carbocycles. The van der Waals surface area contributed by atoms with Gasteiger partial charge in [-0.05, 0) is 55.7 Å². The Hall–Kier alpha value is -2.52. The molecule has 1 unspecified atom stereocenters. The van der Waals surface area contributed by atoms with Crippen LogP contribution in [-0.4, -0.2) is 33.5 Å². The number of aromatic nitrogens is 3. The van der Waals surface area contributed by atoms with Crippen LogP contribution in [0.5, 0.6) is 11.5 Å². The number of methoxy groups -OCH3 is 1. The molecule has 9 heteroatoms. The van der Waals surface area contributed by atoms with Crippen LogP contribution >= 0.6 is 27.7 Å². The highest BCUT2D eigenvalue weighted by molar-refractivity contribution is 9.10. The average Bonchev–Trinajstić information content (AvgIpc) is 3.22. The van der Waals surface area contributed by atoms with Crippen molar-refractivity contribution in [3.05, 3.63) is 58.3 Å². The van der Waals surface area contributed by atoms with Gasteiger partial charge < -0.3 is 19.4 Å². The molecule has 0 saturated carbocycles. The second-order valence-corrected chi connectivity index (χ2v) is 9.61. The Labute approximate surface area is 207 Å². The minimum Gasteiger partial charge on any atom is -0.497 e. The van der Waals surface area contributed by atoms with Gasteiger partial charge in [0.2, 0.25) is 5.91 Å². The zero-order valence-electron chi connectivity index (χ0n) is 19.5. The Morgan fingerprint density at radius 2 is 1.91 bits per heavy atom. The molecule has 0 spiro atoms. The largest absolute Gasteiger partial charge is 0.497 e. The van der Waals surface area contributed by atoms with E-state index in [4.69, 9.17) is 9.47 Å². The minimum atomic E-state index is -0.316. The molecule has 1 heterocycles. The van der Waals surface area contributed by atoms with Crippen molar-refractivity contribution in [2.24, 2.45) is 0 Å². The number of nitrogens with one attached hydrogen (secondary N) is 1. The van der Waals surface area contributed by atoms with Gasteiger partial charge in [-0.25, -0.2) is 0 Å². The van der Waals surface area contributed by atoms with Gasteiger partial charge in [-0.1, -0.05) is 47.6 Å². The van der Waals surface area contributed by atoms with Crippen molar-refractivity contribution in [2.45, 2.75) is 51.4 Å². The number of ether oxygens (including phenoxy) is 2. The molecule has 0 aliphatic heterocycles. The maximum absolute atomic E-state index is 12.6. The van der Waals surface area contributed by atoms with Crippen molar-refractivity contribution >= 4 is 39.3 Å². The molecule has 176 valence electrons. The van der Waals surface area contributed by atoms with Gasteiger partial charge in [0.15, 0.2) is 17.1 Å². The molecule has 7 nitrogen and oxygen atoms in total. The van der Waals surface area contributed by atoms with Crippen molar-refractivity contribution in [2.75, 3.05) is 18.2 Å². The summed E-state index contributed by atoms with van der Waals surface area (Å²) in [5, 5.41) is 12.3. The van der Waals surface area contributed by atoms with Gasteiger partial charge >= 0.3 is 0 Å². The molecule has 3 aromatic rings. The van der Waals surface area contributed by atoms with Crippen molar-refractivity contribution in [3.63, 3.8) is 0 Å². The van der Waals surface area contributed by atoms with Crippen molar-refractivity contribution in [1.29, 1.82) is 0 Å². The predicted octanol–water partition coefficient (Wildman–Crippen LogP) is 6.06. The summed E-state index contributed by atoms with van der Waals surface area (Å²) in [6.45, 7) is 8.82. The third kappa shape index (κ3) is 6.51. The van der Waals surface area contributed by atoms with E-state index in [0.717, 1.165) is 21.5 Å². The first-order valence-electron chi connectivity index (χ1n) is 10.8. The van der Waals surface area contributed by atoms with Crippen LogP contribution in [0.2, 0.25) is 0 Å². The zero-order chi connectivity index (χ0) is 24.0. The van der Waals surface area contributed by atoms with Crippen LogP contribution in [0.15, 0.2) is 52.1 Å². The molecular formula is C24H29BrN4O3S. The lowest BCUT2D eigenvalue weighted by molar-refractivity contribution is -0.113. The van der Waals surface area contributed by atoms with Gasteiger partial charge in [0, 0.05) is 22.8 Å². The lowest BCUT2D eigenvalue weighted by Crippen LogP contribution is -2.16. The number of halogens is 1. The van der Waals surface area contributed by atoms with Crippen LogP contribution in [0.1, 0.15) is 51.1 Å². The highest BCUT2D eigenvalue weighted by Gasteiger charge is 2.20. The number of rotatable bonds is 10. The molecule has 0 aliphatic carbocycles. The molecule has 0 saturated heterocycles. The molecule has 0 bridgehead atoms. The molecule has 1 N–H and O–H groups in total. The number of carbonyl (C=O) groups excluding carboxylic acids is 1. The molecular weight excluding hydrogens is 504 g/mol. The SMILES string of the molecule is CCn1c(SCC(=O)Nc2ccc(Br)cc2C(C)C)nnc1C(C)Oc1cccc(OC)c1. The standard InChI is InChI=1S/C24H29BrN4O3S/c1-6-29-23(16(4)32-19-9-7-8-18(13-19)31-5)27-28-24(29)33-14-22(30)26-21-11-10-17(25)12-20(21)15(2)3/h7-13,15-16H,6,14H2,1-5H3,(H,26,30). The van der Waals surface area contributed by atoms with E-state index in [1.54, 1.807) is 7.11 Å². The number of thioether (sulfide) groups is 1. The summed E-state index contributed by atoms with van der Waals surface area (Å²) >= 11 is 4.86.